The van der Waals surface area contributed by atoms with E-state index in [-0.39, 0.29) is 5.91 Å². The van der Waals surface area contributed by atoms with Crippen molar-refractivity contribution in [3.8, 4) is 0 Å². The van der Waals surface area contributed by atoms with E-state index in [4.69, 9.17) is 4.52 Å². The highest BCUT2D eigenvalue weighted by Gasteiger charge is 2.14. The Labute approximate surface area is 153 Å². The van der Waals surface area contributed by atoms with Crippen LogP contribution in [0.3, 0.4) is 0 Å². The number of aromatic nitrogens is 3. The van der Waals surface area contributed by atoms with Gasteiger partial charge in [-0.25, -0.2) is 9.97 Å². The van der Waals surface area contributed by atoms with Crippen molar-refractivity contribution in [2.24, 2.45) is 0 Å². The largest absolute Gasteiger partial charge is 0.368 e. The first kappa shape index (κ1) is 18.2. The van der Waals surface area contributed by atoms with Crippen LogP contribution in [0.4, 0.5) is 11.6 Å². The third-order valence-corrected chi connectivity index (χ3v) is 4.62. The maximum absolute atomic E-state index is 12.0. The molecule has 1 fully saturated rings. The molecule has 2 aromatic rings. The first-order valence-corrected chi connectivity index (χ1v) is 9.13. The Morgan fingerprint density at radius 2 is 2.04 bits per heavy atom. The van der Waals surface area contributed by atoms with Crippen LogP contribution in [0.5, 0.6) is 0 Å². The summed E-state index contributed by atoms with van der Waals surface area (Å²) in [6, 6.07) is 1.96. The van der Waals surface area contributed by atoms with Crippen molar-refractivity contribution in [1.29, 1.82) is 0 Å². The normalized spacial score (nSPS) is 13.8. The molecule has 2 aromatic heterocycles. The summed E-state index contributed by atoms with van der Waals surface area (Å²) in [4.78, 5) is 22.8. The van der Waals surface area contributed by atoms with E-state index in [0.29, 0.717) is 25.9 Å². The molecule has 0 spiro atoms. The maximum atomic E-state index is 12.0. The number of hydrogen-bond donors (Lipinski definition) is 2. The predicted molar refractivity (Wildman–Crippen MR) is 99.3 cm³/mol. The summed E-state index contributed by atoms with van der Waals surface area (Å²) >= 11 is 0. The van der Waals surface area contributed by atoms with Crippen LogP contribution in [0.25, 0.3) is 0 Å². The molecule has 0 radical (unpaired) electrons. The van der Waals surface area contributed by atoms with Gasteiger partial charge in [-0.2, -0.15) is 0 Å². The molecule has 0 bridgehead atoms. The van der Waals surface area contributed by atoms with Crippen LogP contribution in [0.2, 0.25) is 0 Å². The highest BCUT2D eigenvalue weighted by atomic mass is 16.5. The van der Waals surface area contributed by atoms with E-state index in [1.165, 1.54) is 12.8 Å². The lowest BCUT2D eigenvalue weighted by atomic mass is 10.1. The van der Waals surface area contributed by atoms with Crippen molar-refractivity contribution in [1.82, 2.24) is 20.4 Å². The van der Waals surface area contributed by atoms with Crippen LogP contribution in [0, 0.1) is 13.8 Å². The molecule has 0 unspecified atom stereocenters. The van der Waals surface area contributed by atoms with E-state index in [2.05, 4.69) is 30.7 Å². The minimum Gasteiger partial charge on any atom is -0.368 e. The molecule has 0 saturated carbocycles. The topological polar surface area (TPSA) is 96.2 Å². The Balaban J connectivity index is 1.37. The van der Waals surface area contributed by atoms with E-state index in [1.807, 2.05) is 19.9 Å². The number of anilines is 2. The molecule has 2 N–H and O–H groups in total. The van der Waals surface area contributed by atoms with E-state index in [1.54, 1.807) is 6.33 Å². The zero-order valence-corrected chi connectivity index (χ0v) is 15.4. The number of hydrogen-bond acceptors (Lipinski definition) is 7. The first-order valence-electron chi connectivity index (χ1n) is 9.13. The van der Waals surface area contributed by atoms with Crippen molar-refractivity contribution in [3.63, 3.8) is 0 Å². The molecule has 0 aromatic carbocycles. The number of nitrogens with zero attached hydrogens (tertiary/aromatic N) is 4. The number of aryl methyl sites for hydroxylation is 2. The summed E-state index contributed by atoms with van der Waals surface area (Å²) in [6.45, 7) is 7.04. The van der Waals surface area contributed by atoms with Gasteiger partial charge in [-0.1, -0.05) is 5.16 Å². The Kier molecular flexibility index (Phi) is 6.04. The second-order valence-corrected chi connectivity index (χ2v) is 6.54. The average molecular weight is 358 g/mol. The predicted octanol–water partition coefficient (Wildman–Crippen LogP) is 1.84. The van der Waals surface area contributed by atoms with Crippen molar-refractivity contribution >= 4 is 17.5 Å². The summed E-state index contributed by atoms with van der Waals surface area (Å²) in [5.41, 5.74) is 1.88. The van der Waals surface area contributed by atoms with Crippen LogP contribution in [0.1, 0.15) is 36.3 Å². The van der Waals surface area contributed by atoms with Gasteiger partial charge in [-0.15, -0.1) is 0 Å². The Morgan fingerprint density at radius 1 is 1.23 bits per heavy atom. The van der Waals surface area contributed by atoms with Gasteiger partial charge >= 0.3 is 0 Å². The molecule has 1 aliphatic heterocycles. The van der Waals surface area contributed by atoms with Gasteiger partial charge in [0.2, 0.25) is 5.91 Å². The van der Waals surface area contributed by atoms with Crippen LogP contribution in [-0.4, -0.2) is 47.2 Å². The molecule has 8 nitrogen and oxygen atoms in total. The lowest BCUT2D eigenvalue weighted by Gasteiger charge is -2.16. The van der Waals surface area contributed by atoms with E-state index in [9.17, 15) is 4.79 Å². The highest BCUT2D eigenvalue weighted by Crippen LogP contribution is 2.19. The van der Waals surface area contributed by atoms with Gasteiger partial charge in [0.1, 0.15) is 23.7 Å². The molecule has 8 heteroatoms. The summed E-state index contributed by atoms with van der Waals surface area (Å²) in [6.07, 6.45) is 5.08. The lowest BCUT2D eigenvalue weighted by Crippen LogP contribution is -2.29. The Hall–Kier alpha value is -2.64. The first-order chi connectivity index (χ1) is 12.6. The third-order valence-electron chi connectivity index (χ3n) is 4.62. The van der Waals surface area contributed by atoms with E-state index >= 15 is 0 Å². The zero-order chi connectivity index (χ0) is 18.4. The number of nitrogens with one attached hydrogen (secondary N) is 2. The van der Waals surface area contributed by atoms with Crippen molar-refractivity contribution in [2.75, 3.05) is 36.4 Å². The SMILES string of the molecule is Cc1noc(C)c1CCC(=O)NCCNc1cc(N2CCCC2)ncn1. The van der Waals surface area contributed by atoms with Crippen molar-refractivity contribution in [2.45, 2.75) is 39.5 Å². The van der Waals surface area contributed by atoms with Crippen molar-refractivity contribution < 1.29 is 9.32 Å². The summed E-state index contributed by atoms with van der Waals surface area (Å²) in [5.74, 6) is 2.55. The standard InChI is InChI=1S/C18H26N6O2/c1-13-15(14(2)26-23-13)5-6-18(25)20-8-7-19-16-11-17(22-12-21-16)24-9-3-4-10-24/h11-12H,3-10H2,1-2H3,(H,20,25)(H,19,21,22). The molecule has 26 heavy (non-hydrogen) atoms. The van der Waals surface area contributed by atoms with Gasteiger partial charge in [0.25, 0.3) is 0 Å². The van der Waals surface area contributed by atoms with E-state index < -0.39 is 0 Å². The molecule has 0 atom stereocenters. The molecule has 3 heterocycles. The van der Waals surface area contributed by atoms with Crippen LogP contribution in [-0.2, 0) is 11.2 Å². The molecule has 1 amide bonds. The fraction of sp³-hybridized carbons (Fsp3) is 0.556. The van der Waals surface area contributed by atoms with Gasteiger partial charge in [0.05, 0.1) is 5.69 Å². The van der Waals surface area contributed by atoms with Gasteiger partial charge in [-0.05, 0) is 33.1 Å². The van der Waals surface area contributed by atoms with E-state index in [0.717, 1.165) is 41.7 Å². The number of amides is 1. The third kappa shape index (κ3) is 4.71. The second-order valence-electron chi connectivity index (χ2n) is 6.54. The Morgan fingerprint density at radius 3 is 2.77 bits per heavy atom. The van der Waals surface area contributed by atoms with Gasteiger partial charge in [0, 0.05) is 44.2 Å². The van der Waals surface area contributed by atoms with Gasteiger partial charge < -0.3 is 20.1 Å². The molecule has 1 aliphatic rings. The fourth-order valence-corrected chi connectivity index (χ4v) is 3.14. The number of carbonyl (C=O) groups is 1. The summed E-state index contributed by atoms with van der Waals surface area (Å²) in [5, 5.41) is 10.1. The van der Waals surface area contributed by atoms with Gasteiger partial charge in [0.15, 0.2) is 0 Å². The molecule has 140 valence electrons. The monoisotopic (exact) mass is 358 g/mol. The Bertz CT molecular complexity index is 720. The van der Waals surface area contributed by atoms with Crippen LogP contribution >= 0.6 is 0 Å². The number of rotatable bonds is 8. The quantitative estimate of drug-likeness (QED) is 0.695. The van der Waals surface area contributed by atoms with Crippen LogP contribution < -0.4 is 15.5 Å². The molecular formula is C18H26N6O2. The summed E-state index contributed by atoms with van der Waals surface area (Å²) in [7, 11) is 0. The highest BCUT2D eigenvalue weighted by molar-refractivity contribution is 5.76. The molecule has 1 saturated heterocycles. The van der Waals surface area contributed by atoms with Gasteiger partial charge in [-0.3, -0.25) is 4.79 Å². The summed E-state index contributed by atoms with van der Waals surface area (Å²) < 4.78 is 5.11. The minimum absolute atomic E-state index is 0.0206. The molecular weight excluding hydrogens is 332 g/mol. The smallest absolute Gasteiger partial charge is 0.220 e. The molecule has 0 aliphatic carbocycles. The molecule has 3 rings (SSSR count). The van der Waals surface area contributed by atoms with Crippen molar-refractivity contribution in [3.05, 3.63) is 29.4 Å². The minimum atomic E-state index is 0.0206. The lowest BCUT2D eigenvalue weighted by molar-refractivity contribution is -0.120. The fourth-order valence-electron chi connectivity index (χ4n) is 3.14. The average Bonchev–Trinajstić information content (AvgIpc) is 3.28. The maximum Gasteiger partial charge on any atom is 0.220 e. The second kappa shape index (κ2) is 8.64. The zero-order valence-electron chi connectivity index (χ0n) is 15.4. The number of carbonyl (C=O) groups excluding carboxylic acids is 1. The van der Waals surface area contributed by atoms with Crippen LogP contribution in [0.15, 0.2) is 16.9 Å².